The van der Waals surface area contributed by atoms with Gasteiger partial charge in [0, 0.05) is 18.5 Å². The largest absolute Gasteiger partial charge is 0.325 e. The summed E-state index contributed by atoms with van der Waals surface area (Å²) >= 11 is 3.56. The van der Waals surface area contributed by atoms with Crippen molar-refractivity contribution in [3.05, 3.63) is 15.9 Å². The van der Waals surface area contributed by atoms with Gasteiger partial charge in [-0.05, 0) is 43.6 Å². The highest BCUT2D eigenvalue weighted by atomic mass is 79.9. The summed E-state index contributed by atoms with van der Waals surface area (Å²) in [5.74, 6) is 0. The number of rotatable bonds is 3. The van der Waals surface area contributed by atoms with Gasteiger partial charge < -0.3 is 5.73 Å². The zero-order valence-electron chi connectivity index (χ0n) is 9.26. The van der Waals surface area contributed by atoms with E-state index in [2.05, 4.69) is 28.0 Å². The van der Waals surface area contributed by atoms with Crippen LogP contribution in [0, 0.1) is 6.92 Å². The summed E-state index contributed by atoms with van der Waals surface area (Å²) in [6, 6.07) is 0. The molecule has 0 unspecified atom stereocenters. The third-order valence-corrected chi connectivity index (χ3v) is 3.11. The molecule has 0 atom stereocenters. The third kappa shape index (κ3) is 2.58. The van der Waals surface area contributed by atoms with E-state index in [0.717, 1.165) is 23.1 Å². The quantitative estimate of drug-likeness (QED) is 0.905. The van der Waals surface area contributed by atoms with E-state index in [1.807, 2.05) is 25.5 Å². The van der Waals surface area contributed by atoms with Crippen molar-refractivity contribution in [2.75, 3.05) is 0 Å². The van der Waals surface area contributed by atoms with Crippen LogP contribution in [0.2, 0.25) is 0 Å². The number of hydrogen-bond acceptors (Lipinski definition) is 2. The topological polar surface area (TPSA) is 43.8 Å². The van der Waals surface area contributed by atoms with E-state index in [4.69, 9.17) is 5.73 Å². The molecule has 1 aromatic heterocycles. The fourth-order valence-electron chi connectivity index (χ4n) is 1.47. The predicted octanol–water partition coefficient (Wildman–Crippen LogP) is 2.25. The molecule has 0 radical (unpaired) electrons. The monoisotopic (exact) mass is 259 g/mol. The number of halogens is 1. The molecule has 0 aliphatic carbocycles. The lowest BCUT2D eigenvalue weighted by molar-refractivity contribution is 0.484. The summed E-state index contributed by atoms with van der Waals surface area (Å²) in [6.45, 7) is 9.04. The summed E-state index contributed by atoms with van der Waals surface area (Å²) < 4.78 is 3.10. The van der Waals surface area contributed by atoms with Crippen LogP contribution in [0.25, 0.3) is 0 Å². The molecule has 1 aromatic rings. The van der Waals surface area contributed by atoms with Crippen LogP contribution in [0.4, 0.5) is 0 Å². The maximum absolute atomic E-state index is 6.01. The molecule has 0 saturated carbocycles. The Balaban J connectivity index is 3.06. The van der Waals surface area contributed by atoms with E-state index in [1.165, 1.54) is 5.69 Å². The molecule has 0 bridgehead atoms. The van der Waals surface area contributed by atoms with Crippen molar-refractivity contribution >= 4 is 15.9 Å². The van der Waals surface area contributed by atoms with E-state index in [0.29, 0.717) is 0 Å². The molecule has 0 aliphatic heterocycles. The summed E-state index contributed by atoms with van der Waals surface area (Å²) in [4.78, 5) is 0. The first-order valence-corrected chi connectivity index (χ1v) is 5.65. The second kappa shape index (κ2) is 4.03. The van der Waals surface area contributed by atoms with Crippen molar-refractivity contribution in [3.8, 4) is 0 Å². The molecular weight excluding hydrogens is 242 g/mol. The maximum atomic E-state index is 6.01. The summed E-state index contributed by atoms with van der Waals surface area (Å²) in [6.07, 6.45) is 0.836. The second-order valence-electron chi connectivity index (χ2n) is 4.33. The first-order chi connectivity index (χ1) is 6.35. The second-order valence-corrected chi connectivity index (χ2v) is 5.12. The Morgan fingerprint density at radius 3 is 2.50 bits per heavy atom. The highest BCUT2D eigenvalue weighted by Gasteiger charge is 2.19. The van der Waals surface area contributed by atoms with Crippen molar-refractivity contribution in [1.29, 1.82) is 0 Å². The molecule has 0 spiro atoms. The minimum absolute atomic E-state index is 0.193. The van der Waals surface area contributed by atoms with Crippen molar-refractivity contribution in [3.63, 3.8) is 0 Å². The Labute approximate surface area is 93.8 Å². The molecule has 0 aliphatic rings. The third-order valence-electron chi connectivity index (χ3n) is 2.08. The van der Waals surface area contributed by atoms with Gasteiger partial charge in [-0.15, -0.1) is 0 Å². The van der Waals surface area contributed by atoms with Gasteiger partial charge in [-0.1, -0.05) is 0 Å². The summed E-state index contributed by atoms with van der Waals surface area (Å²) in [5.41, 5.74) is 8.04. The van der Waals surface area contributed by atoms with Crippen LogP contribution in [0.5, 0.6) is 0 Å². The van der Waals surface area contributed by atoms with Gasteiger partial charge in [0.05, 0.1) is 15.9 Å². The number of aryl methyl sites for hydroxylation is 2. The Morgan fingerprint density at radius 2 is 2.07 bits per heavy atom. The summed E-state index contributed by atoms with van der Waals surface area (Å²) in [7, 11) is 0. The Kier molecular flexibility index (Phi) is 3.37. The van der Waals surface area contributed by atoms with Crippen LogP contribution in [-0.2, 0) is 13.0 Å². The molecule has 80 valence electrons. The highest BCUT2D eigenvalue weighted by molar-refractivity contribution is 9.10. The number of nitrogens with two attached hydrogens (primary N) is 1. The molecule has 3 nitrogen and oxygen atoms in total. The van der Waals surface area contributed by atoms with E-state index in [-0.39, 0.29) is 5.54 Å². The average molecular weight is 260 g/mol. The lowest BCUT2D eigenvalue weighted by atomic mass is 10.00. The van der Waals surface area contributed by atoms with Crippen molar-refractivity contribution in [2.45, 2.75) is 46.2 Å². The summed E-state index contributed by atoms with van der Waals surface area (Å²) in [5, 5.41) is 4.43. The van der Waals surface area contributed by atoms with Crippen LogP contribution in [0.15, 0.2) is 4.47 Å². The number of hydrogen-bond donors (Lipinski definition) is 1. The first-order valence-electron chi connectivity index (χ1n) is 4.86. The van der Waals surface area contributed by atoms with Crippen molar-refractivity contribution in [2.24, 2.45) is 5.73 Å². The lowest BCUT2D eigenvalue weighted by Crippen LogP contribution is -2.35. The van der Waals surface area contributed by atoms with Gasteiger partial charge in [0.2, 0.25) is 0 Å². The van der Waals surface area contributed by atoms with Gasteiger partial charge in [0.25, 0.3) is 0 Å². The van der Waals surface area contributed by atoms with Crippen LogP contribution < -0.4 is 5.73 Å². The van der Waals surface area contributed by atoms with E-state index < -0.39 is 0 Å². The Hall–Kier alpha value is -0.350. The van der Waals surface area contributed by atoms with E-state index >= 15 is 0 Å². The van der Waals surface area contributed by atoms with E-state index in [1.54, 1.807) is 0 Å². The fourth-order valence-corrected chi connectivity index (χ4v) is 1.89. The van der Waals surface area contributed by atoms with Crippen molar-refractivity contribution in [1.82, 2.24) is 9.78 Å². The van der Waals surface area contributed by atoms with Gasteiger partial charge in [0.1, 0.15) is 0 Å². The van der Waals surface area contributed by atoms with Crippen molar-refractivity contribution < 1.29 is 0 Å². The lowest BCUT2D eigenvalue weighted by Gasteiger charge is -2.19. The Bertz CT molecular complexity index is 323. The molecule has 0 aromatic carbocycles. The van der Waals surface area contributed by atoms with Gasteiger partial charge in [-0.3, -0.25) is 4.68 Å². The molecule has 0 saturated heterocycles. The fraction of sp³-hybridized carbons (Fsp3) is 0.700. The standard InChI is InChI=1S/C10H18BrN3/c1-5-14-8(6-10(3,4)12)9(11)7(2)13-14/h5-6,12H2,1-4H3. The zero-order chi connectivity index (χ0) is 10.9. The first kappa shape index (κ1) is 11.7. The van der Waals surface area contributed by atoms with Crippen LogP contribution >= 0.6 is 15.9 Å². The molecule has 1 rings (SSSR count). The molecule has 2 N–H and O–H groups in total. The molecule has 1 heterocycles. The molecule has 14 heavy (non-hydrogen) atoms. The molecule has 0 fully saturated rings. The normalized spacial score (nSPS) is 12.1. The van der Waals surface area contributed by atoms with E-state index in [9.17, 15) is 0 Å². The van der Waals surface area contributed by atoms with Crippen LogP contribution in [-0.4, -0.2) is 15.3 Å². The Morgan fingerprint density at radius 1 is 1.50 bits per heavy atom. The SMILES string of the molecule is CCn1nc(C)c(Br)c1CC(C)(C)N. The molecular formula is C10H18BrN3. The van der Waals surface area contributed by atoms with Gasteiger partial charge in [0.15, 0.2) is 0 Å². The minimum Gasteiger partial charge on any atom is -0.325 e. The zero-order valence-corrected chi connectivity index (χ0v) is 10.8. The van der Waals surface area contributed by atoms with Gasteiger partial charge in [-0.2, -0.15) is 5.10 Å². The van der Waals surface area contributed by atoms with Crippen LogP contribution in [0.3, 0.4) is 0 Å². The number of aromatic nitrogens is 2. The van der Waals surface area contributed by atoms with Gasteiger partial charge >= 0.3 is 0 Å². The average Bonchev–Trinajstić information content (AvgIpc) is 2.30. The molecule has 0 amide bonds. The smallest absolute Gasteiger partial charge is 0.0738 e. The molecule has 4 heteroatoms. The highest BCUT2D eigenvalue weighted by Crippen LogP contribution is 2.24. The maximum Gasteiger partial charge on any atom is 0.0738 e. The van der Waals surface area contributed by atoms with Gasteiger partial charge in [-0.25, -0.2) is 0 Å². The predicted molar refractivity (Wildman–Crippen MR) is 62.3 cm³/mol. The van der Waals surface area contributed by atoms with Crippen LogP contribution in [0.1, 0.15) is 32.2 Å². The minimum atomic E-state index is -0.193. The number of nitrogens with zero attached hydrogens (tertiary/aromatic N) is 2.